The molecule has 0 atom stereocenters. The van der Waals surface area contributed by atoms with Gasteiger partial charge >= 0.3 is 0 Å². The summed E-state index contributed by atoms with van der Waals surface area (Å²) in [5.74, 6) is 0.147. The van der Waals surface area contributed by atoms with Crippen molar-refractivity contribution in [3.8, 4) is 0 Å². The molecule has 112 valence electrons. The minimum Gasteiger partial charge on any atom is -0.300 e. The van der Waals surface area contributed by atoms with Crippen LogP contribution in [0.25, 0.3) is 0 Å². The smallest absolute Gasteiger partial charge is 0.246 e. The average Bonchev–Trinajstić information content (AvgIpc) is 2.63. The Bertz CT molecular complexity index is 626. The lowest BCUT2D eigenvalue weighted by molar-refractivity contribution is -0.121. The number of aromatic nitrogens is 2. The predicted molar refractivity (Wildman–Crippen MR) is 74.8 cm³/mol. The Labute approximate surface area is 119 Å². The third-order valence-corrected chi connectivity index (χ3v) is 6.22. The zero-order chi connectivity index (χ0) is 15.1. The highest BCUT2D eigenvalue weighted by Gasteiger charge is 2.34. The molecule has 1 aromatic rings. The Hall–Kier alpha value is -1.21. The molecule has 1 fully saturated rings. The van der Waals surface area contributed by atoms with Gasteiger partial charge in [0.1, 0.15) is 10.7 Å². The first-order valence-corrected chi connectivity index (χ1v) is 8.20. The molecule has 2 rings (SSSR count). The van der Waals surface area contributed by atoms with Gasteiger partial charge in [0.2, 0.25) is 10.0 Å². The van der Waals surface area contributed by atoms with Gasteiger partial charge in [-0.15, -0.1) is 0 Å². The minimum absolute atomic E-state index is 0.00228. The highest BCUT2D eigenvalue weighted by molar-refractivity contribution is 7.89. The zero-order valence-electron chi connectivity index (χ0n) is 12.4. The molecule has 20 heavy (non-hydrogen) atoms. The quantitative estimate of drug-likeness (QED) is 0.835. The molecule has 0 spiro atoms. The van der Waals surface area contributed by atoms with E-state index in [1.165, 1.54) is 4.31 Å². The third kappa shape index (κ3) is 2.52. The van der Waals surface area contributed by atoms with Crippen molar-refractivity contribution in [2.24, 2.45) is 13.0 Å². The van der Waals surface area contributed by atoms with Gasteiger partial charge in [-0.25, -0.2) is 8.42 Å². The van der Waals surface area contributed by atoms with Gasteiger partial charge in [-0.2, -0.15) is 9.40 Å². The fourth-order valence-electron chi connectivity index (χ4n) is 2.76. The summed E-state index contributed by atoms with van der Waals surface area (Å²) in [6.07, 6.45) is 1.21. The summed E-state index contributed by atoms with van der Waals surface area (Å²) < 4.78 is 28.5. The van der Waals surface area contributed by atoms with Crippen LogP contribution in [0.15, 0.2) is 4.90 Å². The molecule has 1 saturated heterocycles. The van der Waals surface area contributed by atoms with Crippen molar-refractivity contribution >= 4 is 15.8 Å². The van der Waals surface area contributed by atoms with Crippen LogP contribution < -0.4 is 0 Å². The van der Waals surface area contributed by atoms with Crippen molar-refractivity contribution in [1.82, 2.24) is 14.1 Å². The third-order valence-electron chi connectivity index (χ3n) is 4.07. The standard InChI is InChI=1S/C13H21N3O3S/c1-9-13(10(2)15(4)14-9)20(18,19)16-7-5-12(6-8-16)11(3)17/h12H,5-8H2,1-4H3. The summed E-state index contributed by atoms with van der Waals surface area (Å²) in [4.78, 5) is 11.7. The number of piperidine rings is 1. The van der Waals surface area contributed by atoms with E-state index in [-0.39, 0.29) is 11.7 Å². The van der Waals surface area contributed by atoms with Crippen molar-refractivity contribution in [3.05, 3.63) is 11.4 Å². The summed E-state index contributed by atoms with van der Waals surface area (Å²) in [6.45, 7) is 5.85. The molecule has 1 aliphatic rings. The van der Waals surface area contributed by atoms with Crippen LogP contribution >= 0.6 is 0 Å². The SMILES string of the molecule is CC(=O)C1CCN(S(=O)(=O)c2c(C)nn(C)c2C)CC1. The summed E-state index contributed by atoms with van der Waals surface area (Å²) in [6, 6.07) is 0. The van der Waals surface area contributed by atoms with Crippen molar-refractivity contribution in [3.63, 3.8) is 0 Å². The Morgan fingerprint density at radius 1 is 1.25 bits per heavy atom. The Balaban J connectivity index is 2.26. The van der Waals surface area contributed by atoms with E-state index in [0.29, 0.717) is 42.2 Å². The molecular weight excluding hydrogens is 278 g/mol. The monoisotopic (exact) mass is 299 g/mol. The van der Waals surface area contributed by atoms with Crippen molar-refractivity contribution in [1.29, 1.82) is 0 Å². The molecule has 0 saturated carbocycles. The number of ketones is 1. The molecule has 1 aliphatic heterocycles. The second-order valence-electron chi connectivity index (χ2n) is 5.41. The van der Waals surface area contributed by atoms with Gasteiger partial charge in [-0.3, -0.25) is 9.48 Å². The number of rotatable bonds is 3. The summed E-state index contributed by atoms with van der Waals surface area (Å²) in [5.41, 5.74) is 1.18. The van der Waals surface area contributed by atoms with E-state index >= 15 is 0 Å². The first-order valence-electron chi connectivity index (χ1n) is 6.76. The zero-order valence-corrected chi connectivity index (χ0v) is 13.2. The number of carbonyl (C=O) groups is 1. The maximum atomic E-state index is 12.7. The van der Waals surface area contributed by atoms with E-state index < -0.39 is 10.0 Å². The Kier molecular flexibility index (Phi) is 4.02. The van der Waals surface area contributed by atoms with Gasteiger partial charge in [-0.1, -0.05) is 0 Å². The van der Waals surface area contributed by atoms with Crippen LogP contribution in [0.3, 0.4) is 0 Å². The van der Waals surface area contributed by atoms with Crippen LogP contribution in [0, 0.1) is 19.8 Å². The van der Waals surface area contributed by atoms with E-state index in [1.54, 1.807) is 32.5 Å². The lowest BCUT2D eigenvalue weighted by Crippen LogP contribution is -2.40. The molecule has 0 unspecified atom stereocenters. The van der Waals surface area contributed by atoms with Crippen LogP contribution in [0.4, 0.5) is 0 Å². The maximum absolute atomic E-state index is 12.7. The molecule has 1 aromatic heterocycles. The molecule has 0 N–H and O–H groups in total. The number of sulfonamides is 1. The molecule has 0 aromatic carbocycles. The number of carbonyl (C=O) groups excluding carboxylic acids is 1. The summed E-state index contributed by atoms with van der Waals surface area (Å²) in [7, 11) is -1.77. The second kappa shape index (κ2) is 5.29. The van der Waals surface area contributed by atoms with Gasteiger partial charge < -0.3 is 0 Å². The number of aryl methyl sites for hydroxylation is 2. The minimum atomic E-state index is -3.51. The number of nitrogens with zero attached hydrogens (tertiary/aromatic N) is 3. The Morgan fingerprint density at radius 2 is 1.80 bits per heavy atom. The molecular formula is C13H21N3O3S. The van der Waals surface area contributed by atoms with Gasteiger partial charge in [0.15, 0.2) is 0 Å². The van der Waals surface area contributed by atoms with Crippen LogP contribution in [-0.2, 0) is 21.9 Å². The largest absolute Gasteiger partial charge is 0.300 e. The predicted octanol–water partition coefficient (Wildman–Crippen LogP) is 1.03. The number of Topliss-reactive ketones (excluding diaryl/α,β-unsaturated/α-hetero) is 1. The molecule has 2 heterocycles. The van der Waals surface area contributed by atoms with Crippen molar-refractivity contribution in [2.45, 2.75) is 38.5 Å². The van der Waals surface area contributed by atoms with Crippen LogP contribution in [0.5, 0.6) is 0 Å². The fraction of sp³-hybridized carbons (Fsp3) is 0.692. The number of hydrogen-bond acceptors (Lipinski definition) is 4. The maximum Gasteiger partial charge on any atom is 0.246 e. The van der Waals surface area contributed by atoms with Gasteiger partial charge in [0.25, 0.3) is 0 Å². The molecule has 6 nitrogen and oxygen atoms in total. The summed E-state index contributed by atoms with van der Waals surface area (Å²) in [5, 5.41) is 4.17. The lowest BCUT2D eigenvalue weighted by Gasteiger charge is -2.30. The summed E-state index contributed by atoms with van der Waals surface area (Å²) >= 11 is 0. The van der Waals surface area contributed by atoms with Gasteiger partial charge in [0, 0.05) is 26.1 Å². The first-order chi connectivity index (χ1) is 9.25. The van der Waals surface area contributed by atoms with E-state index in [1.807, 2.05) is 0 Å². The highest BCUT2D eigenvalue weighted by atomic mass is 32.2. The van der Waals surface area contributed by atoms with Crippen LogP contribution in [0.2, 0.25) is 0 Å². The van der Waals surface area contributed by atoms with Crippen molar-refractivity contribution in [2.75, 3.05) is 13.1 Å². The second-order valence-corrected chi connectivity index (χ2v) is 7.29. The molecule has 0 aliphatic carbocycles. The fourth-order valence-corrected chi connectivity index (χ4v) is 4.63. The van der Waals surface area contributed by atoms with E-state index in [0.717, 1.165) is 0 Å². The number of hydrogen-bond donors (Lipinski definition) is 0. The topological polar surface area (TPSA) is 72.3 Å². The van der Waals surface area contributed by atoms with Crippen LogP contribution in [-0.4, -0.2) is 41.4 Å². The molecule has 7 heteroatoms. The molecule has 0 bridgehead atoms. The van der Waals surface area contributed by atoms with E-state index in [9.17, 15) is 13.2 Å². The lowest BCUT2D eigenvalue weighted by atomic mass is 9.95. The van der Waals surface area contributed by atoms with Gasteiger partial charge in [-0.05, 0) is 33.6 Å². The average molecular weight is 299 g/mol. The highest BCUT2D eigenvalue weighted by Crippen LogP contribution is 2.27. The van der Waals surface area contributed by atoms with E-state index in [4.69, 9.17) is 0 Å². The first kappa shape index (κ1) is 15.2. The van der Waals surface area contributed by atoms with Gasteiger partial charge in [0.05, 0.1) is 11.4 Å². The molecule has 0 radical (unpaired) electrons. The normalized spacial score (nSPS) is 18.4. The van der Waals surface area contributed by atoms with Crippen molar-refractivity contribution < 1.29 is 13.2 Å². The van der Waals surface area contributed by atoms with Crippen LogP contribution in [0.1, 0.15) is 31.2 Å². The Morgan fingerprint density at radius 3 is 2.20 bits per heavy atom. The molecule has 0 amide bonds. The van der Waals surface area contributed by atoms with E-state index in [2.05, 4.69) is 5.10 Å².